The second kappa shape index (κ2) is 5.91. The van der Waals surface area contributed by atoms with Gasteiger partial charge in [-0.2, -0.15) is 5.10 Å². The van der Waals surface area contributed by atoms with Crippen molar-refractivity contribution in [2.24, 2.45) is 5.10 Å². The SMILES string of the molecule is C1=C(N2CCCC2)CCCC1=NNc1ccccc1. The highest BCUT2D eigenvalue weighted by molar-refractivity contribution is 5.96. The predicted molar refractivity (Wildman–Crippen MR) is 80.2 cm³/mol. The highest BCUT2D eigenvalue weighted by Crippen LogP contribution is 2.23. The number of nitrogens with zero attached hydrogens (tertiary/aromatic N) is 2. The normalized spacial score (nSPS) is 21.6. The van der Waals surface area contributed by atoms with Crippen LogP contribution in [0.1, 0.15) is 32.1 Å². The molecule has 0 bridgehead atoms. The molecule has 1 saturated heterocycles. The van der Waals surface area contributed by atoms with E-state index in [1.807, 2.05) is 30.3 Å². The Morgan fingerprint density at radius 2 is 1.74 bits per heavy atom. The van der Waals surface area contributed by atoms with Crippen LogP contribution in [0.2, 0.25) is 0 Å². The zero-order valence-electron chi connectivity index (χ0n) is 11.3. The molecule has 0 aromatic heterocycles. The Morgan fingerprint density at radius 1 is 0.947 bits per heavy atom. The van der Waals surface area contributed by atoms with E-state index in [9.17, 15) is 0 Å². The molecule has 1 aromatic carbocycles. The minimum absolute atomic E-state index is 1.05. The number of likely N-dealkylation sites (tertiary alicyclic amines) is 1. The Bertz CT molecular complexity index is 470. The first-order valence-electron chi connectivity index (χ1n) is 7.25. The number of hydrogen-bond donors (Lipinski definition) is 1. The summed E-state index contributed by atoms with van der Waals surface area (Å²) in [5.74, 6) is 0. The van der Waals surface area contributed by atoms with E-state index in [1.165, 1.54) is 50.2 Å². The summed E-state index contributed by atoms with van der Waals surface area (Å²) >= 11 is 0. The summed E-state index contributed by atoms with van der Waals surface area (Å²) in [5, 5.41) is 4.54. The molecule has 0 saturated carbocycles. The van der Waals surface area contributed by atoms with E-state index >= 15 is 0 Å². The molecule has 3 heteroatoms. The number of allylic oxidation sites excluding steroid dienone is 2. The van der Waals surface area contributed by atoms with Gasteiger partial charge in [-0.3, -0.25) is 5.43 Å². The minimum Gasteiger partial charge on any atom is -0.375 e. The molecule has 0 amide bonds. The van der Waals surface area contributed by atoms with Crippen molar-refractivity contribution in [1.82, 2.24) is 4.90 Å². The van der Waals surface area contributed by atoms with Gasteiger partial charge in [-0.25, -0.2) is 0 Å². The maximum Gasteiger partial charge on any atom is 0.0624 e. The highest BCUT2D eigenvalue weighted by atomic mass is 15.3. The Balaban J connectivity index is 1.68. The summed E-state index contributed by atoms with van der Waals surface area (Å²) in [6.45, 7) is 2.45. The monoisotopic (exact) mass is 255 g/mol. The minimum atomic E-state index is 1.05. The van der Waals surface area contributed by atoms with Gasteiger partial charge in [0, 0.05) is 18.8 Å². The van der Waals surface area contributed by atoms with Crippen molar-refractivity contribution in [1.29, 1.82) is 0 Å². The fourth-order valence-electron chi connectivity index (χ4n) is 2.78. The molecular weight excluding hydrogens is 234 g/mol. The molecule has 100 valence electrons. The maximum absolute atomic E-state index is 4.54. The van der Waals surface area contributed by atoms with E-state index in [0.29, 0.717) is 0 Å². The van der Waals surface area contributed by atoms with Crippen LogP contribution < -0.4 is 5.43 Å². The van der Waals surface area contributed by atoms with Crippen LogP contribution in [0.5, 0.6) is 0 Å². The average molecular weight is 255 g/mol. The van der Waals surface area contributed by atoms with E-state index in [-0.39, 0.29) is 0 Å². The number of para-hydroxylation sites is 1. The van der Waals surface area contributed by atoms with Gasteiger partial charge in [0.15, 0.2) is 0 Å². The van der Waals surface area contributed by atoms with Gasteiger partial charge < -0.3 is 4.90 Å². The first-order chi connectivity index (χ1) is 9.42. The van der Waals surface area contributed by atoms with Gasteiger partial charge in [0.05, 0.1) is 11.4 Å². The van der Waals surface area contributed by atoms with Crippen LogP contribution in [0.4, 0.5) is 5.69 Å². The maximum atomic E-state index is 4.54. The van der Waals surface area contributed by atoms with Crippen LogP contribution in [-0.4, -0.2) is 23.7 Å². The molecule has 1 heterocycles. The van der Waals surface area contributed by atoms with Crippen molar-refractivity contribution >= 4 is 11.4 Å². The fourth-order valence-corrected chi connectivity index (χ4v) is 2.78. The lowest BCUT2D eigenvalue weighted by molar-refractivity contribution is 0.404. The van der Waals surface area contributed by atoms with E-state index in [1.54, 1.807) is 0 Å². The Kier molecular flexibility index (Phi) is 3.82. The molecule has 3 rings (SSSR count). The zero-order chi connectivity index (χ0) is 12.9. The lowest BCUT2D eigenvalue weighted by Crippen LogP contribution is -2.22. The lowest BCUT2D eigenvalue weighted by Gasteiger charge is -2.24. The first-order valence-corrected chi connectivity index (χ1v) is 7.25. The average Bonchev–Trinajstić information content (AvgIpc) is 3.01. The third kappa shape index (κ3) is 3.16. The van der Waals surface area contributed by atoms with E-state index in [0.717, 1.165) is 12.1 Å². The number of nitrogens with one attached hydrogen (secondary N) is 1. The van der Waals surface area contributed by atoms with Crippen LogP contribution >= 0.6 is 0 Å². The smallest absolute Gasteiger partial charge is 0.0624 e. The molecule has 1 aromatic rings. The van der Waals surface area contributed by atoms with Gasteiger partial charge in [0.25, 0.3) is 0 Å². The lowest BCUT2D eigenvalue weighted by atomic mass is 10.0. The molecule has 1 fully saturated rings. The van der Waals surface area contributed by atoms with Crippen molar-refractivity contribution in [2.45, 2.75) is 32.1 Å². The second-order valence-electron chi connectivity index (χ2n) is 5.26. The van der Waals surface area contributed by atoms with Crippen LogP contribution in [-0.2, 0) is 0 Å². The van der Waals surface area contributed by atoms with Crippen molar-refractivity contribution < 1.29 is 0 Å². The number of hydrogen-bond acceptors (Lipinski definition) is 3. The topological polar surface area (TPSA) is 27.6 Å². The van der Waals surface area contributed by atoms with Crippen LogP contribution in [0.25, 0.3) is 0 Å². The molecule has 3 nitrogen and oxygen atoms in total. The van der Waals surface area contributed by atoms with Crippen molar-refractivity contribution in [3.63, 3.8) is 0 Å². The van der Waals surface area contributed by atoms with E-state index < -0.39 is 0 Å². The largest absolute Gasteiger partial charge is 0.375 e. The number of benzene rings is 1. The fraction of sp³-hybridized carbons (Fsp3) is 0.438. The number of hydrazone groups is 1. The summed E-state index contributed by atoms with van der Waals surface area (Å²) in [5.41, 5.74) is 6.86. The van der Waals surface area contributed by atoms with E-state index in [4.69, 9.17) is 0 Å². The van der Waals surface area contributed by atoms with Crippen LogP contribution in [0, 0.1) is 0 Å². The molecule has 0 atom stereocenters. The molecule has 19 heavy (non-hydrogen) atoms. The summed E-state index contributed by atoms with van der Waals surface area (Å²) in [7, 11) is 0. The standard InChI is InChI=1S/C16H21N3/c1-2-7-14(8-3-1)17-18-15-9-6-10-16(13-15)19-11-4-5-12-19/h1-3,7-8,13,17H,4-6,9-12H2. The molecule has 0 unspecified atom stereocenters. The van der Waals surface area contributed by atoms with Crippen LogP contribution in [0.3, 0.4) is 0 Å². The Labute approximate surface area is 115 Å². The summed E-state index contributed by atoms with van der Waals surface area (Å²) in [6, 6.07) is 10.1. The predicted octanol–water partition coefficient (Wildman–Crippen LogP) is 3.62. The van der Waals surface area contributed by atoms with Crippen LogP contribution in [0.15, 0.2) is 47.2 Å². The summed E-state index contributed by atoms with van der Waals surface area (Å²) in [6.07, 6.45) is 8.47. The number of anilines is 1. The third-order valence-corrected chi connectivity index (χ3v) is 3.81. The van der Waals surface area contributed by atoms with Gasteiger partial charge in [0.2, 0.25) is 0 Å². The molecule has 2 aliphatic rings. The van der Waals surface area contributed by atoms with Gasteiger partial charge >= 0.3 is 0 Å². The molecule has 0 spiro atoms. The highest BCUT2D eigenvalue weighted by Gasteiger charge is 2.18. The molecule has 1 aliphatic carbocycles. The van der Waals surface area contributed by atoms with Crippen molar-refractivity contribution in [3.05, 3.63) is 42.1 Å². The first kappa shape index (κ1) is 12.3. The van der Waals surface area contributed by atoms with E-state index in [2.05, 4.69) is 21.5 Å². The molecule has 0 radical (unpaired) electrons. The zero-order valence-corrected chi connectivity index (χ0v) is 11.3. The Hall–Kier alpha value is -1.77. The third-order valence-electron chi connectivity index (χ3n) is 3.81. The molecule has 1 N–H and O–H groups in total. The van der Waals surface area contributed by atoms with Crippen molar-refractivity contribution in [2.75, 3.05) is 18.5 Å². The van der Waals surface area contributed by atoms with Crippen molar-refractivity contribution in [3.8, 4) is 0 Å². The quantitative estimate of drug-likeness (QED) is 0.835. The van der Waals surface area contributed by atoms with Gasteiger partial charge in [-0.1, -0.05) is 18.2 Å². The molecular formula is C16H21N3. The summed E-state index contributed by atoms with van der Waals surface area (Å²) in [4.78, 5) is 2.52. The summed E-state index contributed by atoms with van der Waals surface area (Å²) < 4.78 is 0. The Morgan fingerprint density at radius 3 is 2.53 bits per heavy atom. The van der Waals surface area contributed by atoms with Gasteiger partial charge in [-0.05, 0) is 50.3 Å². The second-order valence-corrected chi connectivity index (χ2v) is 5.26. The van der Waals surface area contributed by atoms with Gasteiger partial charge in [-0.15, -0.1) is 0 Å². The number of rotatable bonds is 3. The molecule has 1 aliphatic heterocycles. The van der Waals surface area contributed by atoms with Gasteiger partial charge in [0.1, 0.15) is 0 Å².